The predicted octanol–water partition coefficient (Wildman–Crippen LogP) is -1.29. The summed E-state index contributed by atoms with van der Waals surface area (Å²) in [6.07, 6.45) is 2.54. The second kappa shape index (κ2) is 4.58. The van der Waals surface area contributed by atoms with E-state index >= 15 is 0 Å². The van der Waals surface area contributed by atoms with Crippen LogP contribution in [0.1, 0.15) is 10.4 Å². The molecular weight excluding hydrogens is 258 g/mol. The first-order chi connectivity index (χ1) is 8.39. The SMILES string of the molecule is CS(=O)(=O)N1CCN(C(=O)c2cn[nH]c2N)CC1. The molecule has 18 heavy (non-hydrogen) atoms. The Bertz CT molecular complexity index is 544. The summed E-state index contributed by atoms with van der Waals surface area (Å²) in [6, 6.07) is 0. The monoisotopic (exact) mass is 273 g/mol. The van der Waals surface area contributed by atoms with E-state index in [0.717, 1.165) is 0 Å². The van der Waals surface area contributed by atoms with Gasteiger partial charge >= 0.3 is 0 Å². The number of carbonyl (C=O) groups is 1. The van der Waals surface area contributed by atoms with Crippen LogP contribution < -0.4 is 5.73 Å². The lowest BCUT2D eigenvalue weighted by atomic mass is 10.2. The lowest BCUT2D eigenvalue weighted by Crippen LogP contribution is -2.50. The van der Waals surface area contributed by atoms with E-state index in [4.69, 9.17) is 5.73 Å². The van der Waals surface area contributed by atoms with Gasteiger partial charge in [-0.15, -0.1) is 0 Å². The zero-order valence-electron chi connectivity index (χ0n) is 9.96. The number of anilines is 1. The smallest absolute Gasteiger partial charge is 0.259 e. The molecular formula is C9H15N5O3S. The summed E-state index contributed by atoms with van der Waals surface area (Å²) < 4.78 is 24.0. The van der Waals surface area contributed by atoms with E-state index in [9.17, 15) is 13.2 Å². The van der Waals surface area contributed by atoms with Gasteiger partial charge in [0, 0.05) is 26.2 Å². The number of nitrogens with two attached hydrogens (primary N) is 1. The molecule has 1 fully saturated rings. The highest BCUT2D eigenvalue weighted by Gasteiger charge is 2.27. The van der Waals surface area contributed by atoms with Crippen molar-refractivity contribution in [1.29, 1.82) is 0 Å². The van der Waals surface area contributed by atoms with E-state index in [2.05, 4.69) is 10.2 Å². The van der Waals surface area contributed by atoms with Crippen LogP contribution >= 0.6 is 0 Å². The number of carbonyl (C=O) groups excluding carboxylic acids is 1. The summed E-state index contributed by atoms with van der Waals surface area (Å²) >= 11 is 0. The van der Waals surface area contributed by atoms with Gasteiger partial charge in [-0.05, 0) is 0 Å². The van der Waals surface area contributed by atoms with Crippen LogP contribution in [0.5, 0.6) is 0 Å². The topological polar surface area (TPSA) is 112 Å². The van der Waals surface area contributed by atoms with Gasteiger partial charge in [-0.3, -0.25) is 9.89 Å². The van der Waals surface area contributed by atoms with E-state index in [0.29, 0.717) is 31.7 Å². The molecule has 1 aliphatic rings. The Labute approximate surface area is 105 Å². The van der Waals surface area contributed by atoms with Gasteiger partial charge in [0.1, 0.15) is 11.4 Å². The standard InChI is InChI=1S/C9H15N5O3S/c1-18(16,17)14-4-2-13(3-5-14)9(15)7-6-11-12-8(7)10/h6H,2-5H2,1H3,(H3,10,11,12). The molecule has 100 valence electrons. The van der Waals surface area contributed by atoms with E-state index in [1.54, 1.807) is 4.90 Å². The number of nitrogen functional groups attached to an aromatic ring is 1. The Kier molecular flexibility index (Phi) is 3.26. The Morgan fingerprint density at radius 1 is 1.39 bits per heavy atom. The zero-order chi connectivity index (χ0) is 13.3. The average Bonchev–Trinajstić information content (AvgIpc) is 2.73. The zero-order valence-corrected chi connectivity index (χ0v) is 10.8. The van der Waals surface area contributed by atoms with Gasteiger partial charge < -0.3 is 10.6 Å². The Hall–Kier alpha value is -1.61. The Balaban J connectivity index is 2.03. The largest absolute Gasteiger partial charge is 0.383 e. The van der Waals surface area contributed by atoms with Gasteiger partial charge in [-0.2, -0.15) is 9.40 Å². The number of rotatable bonds is 2. The van der Waals surface area contributed by atoms with Crippen molar-refractivity contribution in [3.05, 3.63) is 11.8 Å². The van der Waals surface area contributed by atoms with E-state index < -0.39 is 10.0 Å². The predicted molar refractivity (Wildman–Crippen MR) is 65.3 cm³/mol. The number of H-pyrrole nitrogens is 1. The molecule has 1 aliphatic heterocycles. The molecule has 9 heteroatoms. The number of hydrogen-bond donors (Lipinski definition) is 2. The highest BCUT2D eigenvalue weighted by Crippen LogP contribution is 2.13. The van der Waals surface area contributed by atoms with E-state index in [1.165, 1.54) is 16.8 Å². The summed E-state index contributed by atoms with van der Waals surface area (Å²) in [5, 5.41) is 6.18. The molecule has 2 heterocycles. The highest BCUT2D eigenvalue weighted by molar-refractivity contribution is 7.88. The average molecular weight is 273 g/mol. The summed E-state index contributed by atoms with van der Waals surface area (Å²) in [5.74, 6) is -0.0000522. The number of nitrogens with zero attached hydrogens (tertiary/aromatic N) is 3. The number of piperazine rings is 1. The van der Waals surface area contributed by atoms with E-state index in [-0.39, 0.29) is 11.7 Å². The first-order valence-electron chi connectivity index (χ1n) is 5.43. The van der Waals surface area contributed by atoms with Crippen molar-refractivity contribution in [2.45, 2.75) is 0 Å². The van der Waals surface area contributed by atoms with Gasteiger partial charge in [0.05, 0.1) is 12.5 Å². The molecule has 8 nitrogen and oxygen atoms in total. The van der Waals surface area contributed by atoms with Gasteiger partial charge in [0.2, 0.25) is 10.0 Å². The number of sulfonamides is 1. The van der Waals surface area contributed by atoms with Crippen molar-refractivity contribution in [2.75, 3.05) is 38.2 Å². The number of amides is 1. The van der Waals surface area contributed by atoms with Crippen LogP contribution in [0, 0.1) is 0 Å². The van der Waals surface area contributed by atoms with Crippen LogP contribution in [0.3, 0.4) is 0 Å². The molecule has 0 bridgehead atoms. The lowest BCUT2D eigenvalue weighted by Gasteiger charge is -2.33. The number of hydrogen-bond acceptors (Lipinski definition) is 5. The first-order valence-corrected chi connectivity index (χ1v) is 7.27. The highest BCUT2D eigenvalue weighted by atomic mass is 32.2. The maximum absolute atomic E-state index is 12.1. The van der Waals surface area contributed by atoms with Crippen molar-refractivity contribution in [3.8, 4) is 0 Å². The van der Waals surface area contributed by atoms with Gasteiger partial charge in [-0.1, -0.05) is 0 Å². The molecule has 0 spiro atoms. The van der Waals surface area contributed by atoms with Gasteiger partial charge in [0.15, 0.2) is 0 Å². The van der Waals surface area contributed by atoms with Gasteiger partial charge in [0.25, 0.3) is 5.91 Å². The van der Waals surface area contributed by atoms with Crippen LogP contribution in [0.2, 0.25) is 0 Å². The third-order valence-corrected chi connectivity index (χ3v) is 4.20. The number of aromatic nitrogens is 2. The molecule has 3 N–H and O–H groups in total. The molecule has 1 aromatic heterocycles. The maximum Gasteiger partial charge on any atom is 0.259 e. The molecule has 0 radical (unpaired) electrons. The number of nitrogens with one attached hydrogen (secondary N) is 1. The first kappa shape index (κ1) is 12.8. The molecule has 0 aliphatic carbocycles. The van der Waals surface area contributed by atoms with Crippen molar-refractivity contribution < 1.29 is 13.2 Å². The van der Waals surface area contributed by atoms with Crippen molar-refractivity contribution in [3.63, 3.8) is 0 Å². The summed E-state index contributed by atoms with van der Waals surface area (Å²) in [4.78, 5) is 13.6. The molecule has 0 saturated carbocycles. The lowest BCUT2D eigenvalue weighted by molar-refractivity contribution is 0.0699. The second-order valence-corrected chi connectivity index (χ2v) is 6.13. The second-order valence-electron chi connectivity index (χ2n) is 4.15. The fourth-order valence-corrected chi connectivity index (χ4v) is 2.69. The fraction of sp³-hybridized carbons (Fsp3) is 0.556. The summed E-state index contributed by atoms with van der Waals surface area (Å²) in [6.45, 7) is 1.33. The molecule has 1 saturated heterocycles. The Morgan fingerprint density at radius 2 is 2.00 bits per heavy atom. The van der Waals surface area contributed by atoms with E-state index in [1.807, 2.05) is 0 Å². The van der Waals surface area contributed by atoms with Crippen LogP contribution in [-0.4, -0.2) is 66.2 Å². The minimum atomic E-state index is -3.18. The van der Waals surface area contributed by atoms with Crippen LogP contribution in [-0.2, 0) is 10.0 Å². The van der Waals surface area contributed by atoms with Crippen LogP contribution in [0.4, 0.5) is 5.82 Å². The minimum absolute atomic E-state index is 0.227. The normalized spacial score (nSPS) is 17.9. The molecule has 0 atom stereocenters. The third-order valence-electron chi connectivity index (χ3n) is 2.89. The molecule has 1 amide bonds. The van der Waals surface area contributed by atoms with Crippen LogP contribution in [0.15, 0.2) is 6.20 Å². The molecule has 1 aromatic rings. The summed E-state index contributed by atoms with van der Waals surface area (Å²) in [7, 11) is -3.18. The Morgan fingerprint density at radius 3 is 2.44 bits per heavy atom. The third kappa shape index (κ3) is 2.46. The molecule has 2 rings (SSSR count). The van der Waals surface area contributed by atoms with Crippen molar-refractivity contribution in [1.82, 2.24) is 19.4 Å². The number of aromatic amines is 1. The van der Waals surface area contributed by atoms with Gasteiger partial charge in [-0.25, -0.2) is 8.42 Å². The quantitative estimate of drug-likeness (QED) is 0.696. The minimum Gasteiger partial charge on any atom is -0.383 e. The fourth-order valence-electron chi connectivity index (χ4n) is 1.86. The summed E-state index contributed by atoms with van der Waals surface area (Å²) in [5.41, 5.74) is 5.89. The van der Waals surface area contributed by atoms with Crippen molar-refractivity contribution in [2.24, 2.45) is 0 Å². The molecule has 0 aromatic carbocycles. The maximum atomic E-state index is 12.1. The van der Waals surface area contributed by atoms with Crippen LogP contribution in [0.25, 0.3) is 0 Å². The molecule has 0 unspecified atom stereocenters. The van der Waals surface area contributed by atoms with Crippen molar-refractivity contribution >= 4 is 21.7 Å².